The number of rotatable bonds is 7. The van der Waals surface area contributed by atoms with E-state index < -0.39 is 0 Å². The second kappa shape index (κ2) is 15.1. The average Bonchev–Trinajstić information content (AvgIpc) is 4.13. The van der Waals surface area contributed by atoms with Gasteiger partial charge in [0.25, 0.3) is 6.33 Å². The van der Waals surface area contributed by atoms with Crippen LogP contribution in [-0.4, -0.2) is 23.3 Å². The Morgan fingerprint density at radius 1 is 0.453 bits per heavy atom. The van der Waals surface area contributed by atoms with Crippen molar-refractivity contribution in [2.45, 2.75) is 0 Å². The first-order valence-corrected chi connectivity index (χ1v) is 21.0. The van der Waals surface area contributed by atoms with Gasteiger partial charge in [0, 0.05) is 84.1 Å². The molecule has 5 aromatic heterocycles. The van der Waals surface area contributed by atoms with Gasteiger partial charge in [-0.2, -0.15) is 18.2 Å². The summed E-state index contributed by atoms with van der Waals surface area (Å²) < 4.78 is 17.7. The number of benzene rings is 8. The molecule has 0 amide bonds. The largest absolute Gasteiger partial charge is 0.510 e. The number of aromatic nitrogens is 6. The van der Waals surface area contributed by atoms with Crippen LogP contribution in [0.3, 0.4) is 0 Å². The Balaban J connectivity index is 0.00000433. The van der Waals surface area contributed by atoms with Gasteiger partial charge < -0.3 is 23.0 Å². The number of fused-ring (bicyclic) bond motifs is 12. The van der Waals surface area contributed by atoms with Crippen LogP contribution < -0.4 is 9.30 Å². The SMILES string of the molecule is [Pt].[c-]1c(Oc2[c-]c3c(cc2)c2c4c5ccccc5n(-c5ccccc5)c4c4c(c5ccccc5n4-c4ccccc4)c2n3-c2ccccn2)cccc1-[n+]1[c-]n(-c2ccccc2)cc1. The van der Waals surface area contributed by atoms with Crippen molar-refractivity contribution in [3.8, 4) is 40.1 Å². The normalized spacial score (nSPS) is 11.6. The Bertz CT molecular complexity index is 3870. The van der Waals surface area contributed by atoms with Gasteiger partial charge in [-0.3, -0.25) is 4.57 Å². The first-order valence-electron chi connectivity index (χ1n) is 21.0. The number of imidazole rings is 1. The van der Waals surface area contributed by atoms with Gasteiger partial charge >= 0.3 is 0 Å². The van der Waals surface area contributed by atoms with Crippen LogP contribution in [0.2, 0.25) is 0 Å². The van der Waals surface area contributed by atoms with E-state index in [9.17, 15) is 0 Å². The Morgan fingerprint density at radius 3 is 1.70 bits per heavy atom. The van der Waals surface area contributed by atoms with Crippen LogP contribution in [0.1, 0.15) is 0 Å². The van der Waals surface area contributed by atoms with E-state index in [1.807, 2.05) is 82.3 Å². The molecule has 7 nitrogen and oxygen atoms in total. The summed E-state index contributed by atoms with van der Waals surface area (Å²) in [5.74, 6) is 1.93. The van der Waals surface area contributed by atoms with Crippen molar-refractivity contribution < 1.29 is 30.4 Å². The molecule has 0 fully saturated rings. The van der Waals surface area contributed by atoms with Gasteiger partial charge in [-0.25, -0.2) is 4.98 Å². The predicted octanol–water partition coefficient (Wildman–Crippen LogP) is 12.6. The molecule has 0 aliphatic heterocycles. The maximum atomic E-state index is 6.68. The van der Waals surface area contributed by atoms with Gasteiger partial charge in [-0.15, -0.1) is 29.7 Å². The summed E-state index contributed by atoms with van der Waals surface area (Å²) in [6.07, 6.45) is 9.22. The van der Waals surface area contributed by atoms with Crippen molar-refractivity contribution in [1.82, 2.24) is 23.3 Å². The van der Waals surface area contributed by atoms with E-state index in [0.29, 0.717) is 11.5 Å². The summed E-state index contributed by atoms with van der Waals surface area (Å²) >= 11 is 0. The van der Waals surface area contributed by atoms with Gasteiger partial charge in [-0.1, -0.05) is 103 Å². The van der Waals surface area contributed by atoms with E-state index >= 15 is 0 Å². The van der Waals surface area contributed by atoms with Crippen LogP contribution in [0, 0.1) is 18.5 Å². The maximum absolute atomic E-state index is 6.68. The Hall–Kier alpha value is -7.99. The number of para-hydroxylation sites is 5. The fourth-order valence-electron chi connectivity index (χ4n) is 9.51. The molecule has 0 aliphatic rings. The van der Waals surface area contributed by atoms with Gasteiger partial charge in [0.15, 0.2) is 0 Å². The Morgan fingerprint density at radius 2 is 1.03 bits per heavy atom. The van der Waals surface area contributed by atoms with E-state index in [1.54, 1.807) is 0 Å². The van der Waals surface area contributed by atoms with Crippen LogP contribution in [0.4, 0.5) is 0 Å². The molecule has 0 N–H and O–H groups in total. The molecule has 0 saturated heterocycles. The van der Waals surface area contributed by atoms with Crippen molar-refractivity contribution in [1.29, 1.82) is 0 Å². The second-order valence-electron chi connectivity index (χ2n) is 15.6. The van der Waals surface area contributed by atoms with E-state index in [-0.39, 0.29) is 21.1 Å². The molecule has 0 unspecified atom stereocenters. The number of pyridine rings is 1. The third kappa shape index (κ3) is 5.78. The van der Waals surface area contributed by atoms with Crippen molar-refractivity contribution in [3.63, 3.8) is 0 Å². The quantitative estimate of drug-likeness (QED) is 0.118. The maximum Gasteiger partial charge on any atom is 0.267 e. The summed E-state index contributed by atoms with van der Waals surface area (Å²) in [7, 11) is 0. The minimum Gasteiger partial charge on any atom is -0.510 e. The summed E-state index contributed by atoms with van der Waals surface area (Å²) in [4.78, 5) is 5.03. The molecule has 0 bridgehead atoms. The molecule has 8 heteroatoms. The fourth-order valence-corrected chi connectivity index (χ4v) is 9.51. The standard InChI is InChI=1S/C56H34N6O.Pt/c1-4-17-38(18-5-1)58-33-34-59(37-58)41-23-16-24-42(35-41)63-43-30-31-46-49(36-43)62(50-29-14-15-32-57-50)54-51(46)52-44-25-10-12-27-47(44)60(39-19-6-2-7-20-39)55(52)56-53(54)45-26-11-13-28-48(45)61(56)40-21-8-3-9-22-40;/h1-34H;/q-2;. The first kappa shape index (κ1) is 37.7. The topological polar surface area (TPSA) is 45.7 Å². The predicted molar refractivity (Wildman–Crippen MR) is 251 cm³/mol. The average molecular weight is 1000 g/mol. The molecule has 5 heterocycles. The van der Waals surface area contributed by atoms with Gasteiger partial charge in [-0.05, 0) is 71.7 Å². The zero-order valence-corrected chi connectivity index (χ0v) is 36.3. The Kier molecular flexibility index (Phi) is 8.92. The van der Waals surface area contributed by atoms with Crippen LogP contribution in [-0.2, 0) is 21.1 Å². The van der Waals surface area contributed by atoms with Crippen molar-refractivity contribution in [2.75, 3.05) is 0 Å². The summed E-state index contributed by atoms with van der Waals surface area (Å²) in [6.45, 7) is 0. The van der Waals surface area contributed by atoms with Crippen molar-refractivity contribution in [3.05, 3.63) is 225 Å². The molecule has 0 radical (unpaired) electrons. The molecule has 0 aliphatic carbocycles. The molecule has 0 saturated carbocycles. The second-order valence-corrected chi connectivity index (χ2v) is 15.6. The van der Waals surface area contributed by atoms with E-state index in [1.165, 1.54) is 0 Å². The molecule has 306 valence electrons. The van der Waals surface area contributed by atoms with Crippen molar-refractivity contribution >= 4 is 65.4 Å². The van der Waals surface area contributed by atoms with E-state index in [0.717, 1.165) is 94.0 Å². The zero-order valence-electron chi connectivity index (χ0n) is 34.0. The van der Waals surface area contributed by atoms with Gasteiger partial charge in [0.2, 0.25) is 0 Å². The zero-order chi connectivity index (χ0) is 41.4. The summed E-state index contributed by atoms with van der Waals surface area (Å²) in [5.41, 5.74) is 10.4. The molecule has 0 atom stereocenters. The third-order valence-corrected chi connectivity index (χ3v) is 12.1. The van der Waals surface area contributed by atoms with Crippen LogP contribution >= 0.6 is 0 Å². The number of hydrogen-bond donors (Lipinski definition) is 0. The van der Waals surface area contributed by atoms with Crippen LogP contribution in [0.5, 0.6) is 11.5 Å². The molecular formula is C56H34N6OPt-2. The van der Waals surface area contributed by atoms with E-state index in [4.69, 9.17) is 9.72 Å². The van der Waals surface area contributed by atoms with E-state index in [2.05, 4.69) is 166 Å². The molecule has 8 aromatic carbocycles. The summed E-state index contributed by atoms with van der Waals surface area (Å²) in [5, 5.41) is 6.78. The fraction of sp³-hybridized carbons (Fsp3) is 0. The number of hydrogen-bond acceptors (Lipinski definition) is 2. The monoisotopic (exact) mass is 1000 g/mol. The molecular weight excluding hydrogens is 968 g/mol. The Labute approximate surface area is 382 Å². The van der Waals surface area contributed by atoms with Gasteiger partial charge in [0.1, 0.15) is 5.82 Å². The van der Waals surface area contributed by atoms with Gasteiger partial charge in [0.05, 0.1) is 33.3 Å². The molecule has 13 rings (SSSR count). The molecule has 64 heavy (non-hydrogen) atoms. The first-order chi connectivity index (χ1) is 31.3. The smallest absolute Gasteiger partial charge is 0.267 e. The summed E-state index contributed by atoms with van der Waals surface area (Å²) in [6, 6.07) is 72.6. The number of ether oxygens (including phenoxy) is 1. The minimum absolute atomic E-state index is 0. The van der Waals surface area contributed by atoms with Crippen molar-refractivity contribution in [2.24, 2.45) is 0 Å². The molecule has 0 spiro atoms. The van der Waals surface area contributed by atoms with Crippen LogP contribution in [0.15, 0.2) is 207 Å². The minimum atomic E-state index is 0. The van der Waals surface area contributed by atoms with Crippen LogP contribution in [0.25, 0.3) is 94.0 Å². The third-order valence-electron chi connectivity index (χ3n) is 12.1. The number of nitrogens with zero attached hydrogens (tertiary/aromatic N) is 6. The molecule has 13 aromatic rings.